The van der Waals surface area contributed by atoms with E-state index in [-0.39, 0.29) is 5.91 Å². The Bertz CT molecular complexity index is 276. The molecule has 0 aliphatic heterocycles. The topological polar surface area (TPSA) is 70.1 Å². The van der Waals surface area contributed by atoms with Gasteiger partial charge in [-0.2, -0.15) is 5.26 Å². The first kappa shape index (κ1) is 12.0. The molecule has 1 aliphatic rings. The van der Waals surface area contributed by atoms with Gasteiger partial charge in [-0.3, -0.25) is 4.79 Å². The van der Waals surface area contributed by atoms with Gasteiger partial charge in [0, 0.05) is 13.1 Å². The lowest BCUT2D eigenvalue weighted by atomic mass is 10.1. The van der Waals surface area contributed by atoms with Gasteiger partial charge in [0.15, 0.2) is 0 Å². The zero-order valence-corrected chi connectivity index (χ0v) is 9.49. The Morgan fingerprint density at radius 1 is 1.60 bits per heavy atom. The first-order chi connectivity index (χ1) is 6.99. The molecule has 0 heterocycles. The van der Waals surface area contributed by atoms with Crippen LogP contribution in [0, 0.1) is 17.2 Å². The Kier molecular flexibility index (Phi) is 3.70. The SMILES string of the molecule is CC(C)CN(CCC#N)C(=O)C1(N)CC1. The summed E-state index contributed by atoms with van der Waals surface area (Å²) in [5.74, 6) is 0.432. The Labute approximate surface area is 91.0 Å². The molecular weight excluding hydrogens is 190 g/mol. The molecule has 1 saturated carbocycles. The molecule has 2 N–H and O–H groups in total. The predicted molar refractivity (Wildman–Crippen MR) is 57.8 cm³/mol. The molecule has 84 valence electrons. The van der Waals surface area contributed by atoms with E-state index in [9.17, 15) is 4.79 Å². The molecule has 0 saturated heterocycles. The van der Waals surface area contributed by atoms with Crippen LogP contribution in [0.1, 0.15) is 33.1 Å². The van der Waals surface area contributed by atoms with Crippen LogP contribution in [0.25, 0.3) is 0 Å². The van der Waals surface area contributed by atoms with E-state index in [1.807, 2.05) is 0 Å². The molecule has 4 nitrogen and oxygen atoms in total. The standard InChI is InChI=1S/C11H19N3O/c1-9(2)8-14(7-3-6-12)10(15)11(13)4-5-11/h9H,3-5,7-8,13H2,1-2H3. The third-order valence-electron chi connectivity index (χ3n) is 2.58. The number of rotatable bonds is 5. The van der Waals surface area contributed by atoms with E-state index in [0.29, 0.717) is 25.4 Å². The van der Waals surface area contributed by atoms with Crippen LogP contribution in [0.15, 0.2) is 0 Å². The van der Waals surface area contributed by atoms with Gasteiger partial charge in [0.2, 0.25) is 5.91 Å². The van der Waals surface area contributed by atoms with Crippen molar-refractivity contribution in [3.05, 3.63) is 0 Å². The zero-order chi connectivity index (χ0) is 11.5. The summed E-state index contributed by atoms with van der Waals surface area (Å²) in [6, 6.07) is 2.06. The largest absolute Gasteiger partial charge is 0.340 e. The third kappa shape index (κ3) is 3.21. The van der Waals surface area contributed by atoms with Crippen molar-refractivity contribution in [1.82, 2.24) is 4.90 Å². The van der Waals surface area contributed by atoms with Gasteiger partial charge in [-0.25, -0.2) is 0 Å². The number of amides is 1. The summed E-state index contributed by atoms with van der Waals surface area (Å²) in [6.07, 6.45) is 1.95. The van der Waals surface area contributed by atoms with Crippen LogP contribution in [0.2, 0.25) is 0 Å². The second kappa shape index (κ2) is 4.63. The fourth-order valence-electron chi connectivity index (χ4n) is 1.56. The highest BCUT2D eigenvalue weighted by atomic mass is 16.2. The molecule has 0 spiro atoms. The van der Waals surface area contributed by atoms with Gasteiger partial charge in [-0.1, -0.05) is 13.8 Å². The molecule has 1 aliphatic carbocycles. The molecule has 0 unspecified atom stereocenters. The molecule has 0 aromatic heterocycles. The van der Waals surface area contributed by atoms with Crippen LogP contribution in [0.3, 0.4) is 0 Å². The van der Waals surface area contributed by atoms with E-state index < -0.39 is 5.54 Å². The number of nitriles is 1. The number of hydrogen-bond acceptors (Lipinski definition) is 3. The molecular formula is C11H19N3O. The van der Waals surface area contributed by atoms with Gasteiger partial charge in [-0.15, -0.1) is 0 Å². The molecule has 0 aromatic rings. The summed E-state index contributed by atoms with van der Waals surface area (Å²) in [5.41, 5.74) is 5.26. The molecule has 4 heteroatoms. The van der Waals surface area contributed by atoms with Gasteiger partial charge < -0.3 is 10.6 Å². The minimum absolute atomic E-state index is 0.0199. The van der Waals surface area contributed by atoms with Crippen LogP contribution in [-0.4, -0.2) is 29.4 Å². The summed E-state index contributed by atoms with van der Waals surface area (Å²) in [6.45, 7) is 5.32. The van der Waals surface area contributed by atoms with Crippen molar-refractivity contribution < 1.29 is 4.79 Å². The summed E-state index contributed by atoms with van der Waals surface area (Å²) in [4.78, 5) is 13.7. The second-order valence-electron chi connectivity index (χ2n) is 4.71. The van der Waals surface area contributed by atoms with Crippen molar-refractivity contribution in [1.29, 1.82) is 5.26 Å². The maximum Gasteiger partial charge on any atom is 0.242 e. The number of carbonyl (C=O) groups is 1. The maximum atomic E-state index is 12.0. The third-order valence-corrected chi connectivity index (χ3v) is 2.58. The van der Waals surface area contributed by atoms with Gasteiger partial charge in [0.25, 0.3) is 0 Å². The Morgan fingerprint density at radius 3 is 2.60 bits per heavy atom. The van der Waals surface area contributed by atoms with Crippen molar-refractivity contribution in [2.45, 2.75) is 38.6 Å². The van der Waals surface area contributed by atoms with Gasteiger partial charge in [0.1, 0.15) is 0 Å². The first-order valence-electron chi connectivity index (χ1n) is 5.45. The molecule has 1 fully saturated rings. The summed E-state index contributed by atoms with van der Waals surface area (Å²) >= 11 is 0. The van der Waals surface area contributed by atoms with Gasteiger partial charge >= 0.3 is 0 Å². The van der Waals surface area contributed by atoms with E-state index in [2.05, 4.69) is 19.9 Å². The Morgan fingerprint density at radius 2 is 2.20 bits per heavy atom. The van der Waals surface area contributed by atoms with E-state index in [1.165, 1.54) is 0 Å². The minimum atomic E-state index is -0.607. The minimum Gasteiger partial charge on any atom is -0.340 e. The summed E-state index contributed by atoms with van der Waals surface area (Å²) in [5, 5.41) is 8.53. The number of hydrogen-bond donors (Lipinski definition) is 1. The van der Waals surface area contributed by atoms with Crippen molar-refractivity contribution in [3.8, 4) is 6.07 Å². The van der Waals surface area contributed by atoms with Crippen molar-refractivity contribution in [2.24, 2.45) is 11.7 Å². The predicted octanol–water partition coefficient (Wildman–Crippen LogP) is 0.876. The zero-order valence-electron chi connectivity index (χ0n) is 9.49. The van der Waals surface area contributed by atoms with E-state index in [1.54, 1.807) is 4.90 Å². The quantitative estimate of drug-likeness (QED) is 0.730. The molecule has 0 radical (unpaired) electrons. The molecule has 15 heavy (non-hydrogen) atoms. The Balaban J connectivity index is 2.55. The van der Waals surface area contributed by atoms with Crippen LogP contribution in [-0.2, 0) is 4.79 Å². The van der Waals surface area contributed by atoms with Crippen LogP contribution >= 0.6 is 0 Å². The number of nitrogens with zero attached hydrogens (tertiary/aromatic N) is 2. The highest BCUT2D eigenvalue weighted by Crippen LogP contribution is 2.34. The number of nitrogens with two attached hydrogens (primary N) is 1. The molecule has 0 atom stereocenters. The van der Waals surface area contributed by atoms with Gasteiger partial charge in [-0.05, 0) is 18.8 Å². The lowest BCUT2D eigenvalue weighted by Crippen LogP contribution is -2.47. The smallest absolute Gasteiger partial charge is 0.242 e. The Hall–Kier alpha value is -1.08. The van der Waals surface area contributed by atoms with Crippen molar-refractivity contribution in [2.75, 3.05) is 13.1 Å². The average Bonchev–Trinajstić information content (AvgIpc) is 2.90. The fourth-order valence-corrected chi connectivity index (χ4v) is 1.56. The summed E-state index contributed by atoms with van der Waals surface area (Å²) in [7, 11) is 0. The van der Waals surface area contributed by atoms with Crippen LogP contribution < -0.4 is 5.73 Å². The lowest BCUT2D eigenvalue weighted by Gasteiger charge is -2.26. The highest BCUT2D eigenvalue weighted by molar-refractivity contribution is 5.89. The van der Waals surface area contributed by atoms with E-state index in [4.69, 9.17) is 11.0 Å². The number of carbonyl (C=O) groups excluding carboxylic acids is 1. The van der Waals surface area contributed by atoms with Crippen molar-refractivity contribution >= 4 is 5.91 Å². The molecule has 1 rings (SSSR count). The van der Waals surface area contributed by atoms with E-state index in [0.717, 1.165) is 12.8 Å². The summed E-state index contributed by atoms with van der Waals surface area (Å²) < 4.78 is 0. The molecule has 0 aromatic carbocycles. The molecule has 0 bridgehead atoms. The van der Waals surface area contributed by atoms with Gasteiger partial charge in [0.05, 0.1) is 18.0 Å². The fraction of sp³-hybridized carbons (Fsp3) is 0.818. The lowest BCUT2D eigenvalue weighted by molar-refractivity contribution is -0.134. The monoisotopic (exact) mass is 209 g/mol. The second-order valence-corrected chi connectivity index (χ2v) is 4.71. The average molecular weight is 209 g/mol. The van der Waals surface area contributed by atoms with Crippen LogP contribution in [0.4, 0.5) is 0 Å². The van der Waals surface area contributed by atoms with Crippen LogP contribution in [0.5, 0.6) is 0 Å². The van der Waals surface area contributed by atoms with E-state index >= 15 is 0 Å². The van der Waals surface area contributed by atoms with Crippen molar-refractivity contribution in [3.63, 3.8) is 0 Å². The normalized spacial score (nSPS) is 17.3. The molecule has 1 amide bonds. The first-order valence-corrected chi connectivity index (χ1v) is 5.45. The maximum absolute atomic E-state index is 12.0. The highest BCUT2D eigenvalue weighted by Gasteiger charge is 2.47.